The second kappa shape index (κ2) is 6.88. The van der Waals surface area contributed by atoms with Crippen LogP contribution in [0, 0.1) is 0 Å². The molecule has 0 radical (unpaired) electrons. The van der Waals surface area contributed by atoms with Crippen LogP contribution in [0.15, 0.2) is 18.3 Å². The molecule has 2 N–H and O–H groups in total. The van der Waals surface area contributed by atoms with Crippen LogP contribution in [-0.2, 0) is 4.74 Å². The van der Waals surface area contributed by atoms with E-state index in [1.165, 1.54) is 6.07 Å². The molecule has 8 nitrogen and oxygen atoms in total. The zero-order chi connectivity index (χ0) is 21.2. The van der Waals surface area contributed by atoms with Crippen LogP contribution in [0.1, 0.15) is 32.1 Å². The molecule has 4 aliphatic rings. The number of rotatable bonds is 5. The van der Waals surface area contributed by atoms with Gasteiger partial charge in [-0.15, -0.1) is 0 Å². The van der Waals surface area contributed by atoms with Crippen molar-refractivity contribution < 1.29 is 18.3 Å². The molecule has 1 saturated carbocycles. The first-order valence-corrected chi connectivity index (χ1v) is 10.8. The Labute approximate surface area is 178 Å². The smallest absolute Gasteiger partial charge is 0.387 e. The summed E-state index contributed by atoms with van der Waals surface area (Å²) in [4.78, 5) is 18.4. The Morgan fingerprint density at radius 3 is 2.81 bits per heavy atom. The summed E-state index contributed by atoms with van der Waals surface area (Å²) in [6.07, 6.45) is 7.38. The number of hydrogen-bond acceptors (Lipinski definition) is 8. The molecule has 3 aliphatic heterocycles. The summed E-state index contributed by atoms with van der Waals surface area (Å²) >= 11 is 0. The molecule has 3 saturated heterocycles. The third-order valence-corrected chi connectivity index (χ3v) is 6.95. The molecule has 0 unspecified atom stereocenters. The molecule has 2 aromatic heterocycles. The van der Waals surface area contributed by atoms with Crippen molar-refractivity contribution in [3.05, 3.63) is 18.3 Å². The highest BCUT2D eigenvalue weighted by molar-refractivity contribution is 5.68. The van der Waals surface area contributed by atoms with Crippen molar-refractivity contribution in [2.24, 2.45) is 0 Å². The first kappa shape index (κ1) is 19.0. The Hall–Kier alpha value is -2.75. The van der Waals surface area contributed by atoms with E-state index >= 15 is 0 Å². The molecule has 6 rings (SSSR count). The zero-order valence-corrected chi connectivity index (χ0v) is 17.0. The molecule has 31 heavy (non-hydrogen) atoms. The molecule has 164 valence electrons. The molecule has 2 aromatic rings. The number of nitrogen functional groups attached to an aromatic ring is 1. The van der Waals surface area contributed by atoms with Gasteiger partial charge in [-0.25, -0.2) is 9.97 Å². The van der Waals surface area contributed by atoms with Gasteiger partial charge in [-0.1, -0.05) is 0 Å². The summed E-state index contributed by atoms with van der Waals surface area (Å²) in [6, 6.07) is 3.68. The van der Waals surface area contributed by atoms with E-state index in [4.69, 9.17) is 20.4 Å². The lowest BCUT2D eigenvalue weighted by molar-refractivity contribution is -0.0494. The highest BCUT2D eigenvalue weighted by Gasteiger charge is 2.52. The van der Waals surface area contributed by atoms with Crippen LogP contribution in [0.2, 0.25) is 0 Å². The highest BCUT2D eigenvalue weighted by atomic mass is 19.3. The van der Waals surface area contributed by atoms with Gasteiger partial charge in [-0.3, -0.25) is 0 Å². The summed E-state index contributed by atoms with van der Waals surface area (Å²) in [7, 11) is 0. The molecule has 1 aliphatic carbocycles. The van der Waals surface area contributed by atoms with E-state index in [1.54, 1.807) is 6.20 Å². The predicted molar refractivity (Wildman–Crippen MR) is 110 cm³/mol. The third kappa shape index (κ3) is 3.24. The van der Waals surface area contributed by atoms with Gasteiger partial charge in [-0.05, 0) is 38.2 Å². The van der Waals surface area contributed by atoms with Gasteiger partial charge in [0, 0.05) is 36.5 Å². The normalized spacial score (nSPS) is 25.8. The number of aromatic nitrogens is 3. The average Bonchev–Trinajstić information content (AvgIpc) is 3.07. The van der Waals surface area contributed by atoms with Crippen molar-refractivity contribution >= 4 is 17.6 Å². The standard InChI is InChI=1S/C21H24F2N6O2/c22-19(23)31-16-6-12(9-25-18(16)24)15-8-17(28-10-14-7-13(28)11-30-14)27-20(26-15)29-5-1-2-21(29)3-4-21/h6,8-9,13-14,19H,1-5,7,10-11H2,(H2,24,25)/t13-,14-/m0/s1. The van der Waals surface area contributed by atoms with Crippen molar-refractivity contribution in [2.75, 3.05) is 35.2 Å². The number of alkyl halides is 2. The number of halogens is 2. The van der Waals surface area contributed by atoms with Crippen LogP contribution in [0.3, 0.4) is 0 Å². The number of pyridine rings is 1. The first-order valence-electron chi connectivity index (χ1n) is 10.8. The Morgan fingerprint density at radius 1 is 1.23 bits per heavy atom. The summed E-state index contributed by atoms with van der Waals surface area (Å²) in [5.74, 6) is 1.30. The molecule has 2 bridgehead atoms. The van der Waals surface area contributed by atoms with Crippen LogP contribution in [-0.4, -0.2) is 58.9 Å². The minimum Gasteiger partial charge on any atom is -0.431 e. The van der Waals surface area contributed by atoms with E-state index in [1.807, 2.05) is 6.07 Å². The monoisotopic (exact) mass is 430 g/mol. The van der Waals surface area contributed by atoms with Gasteiger partial charge in [0.05, 0.1) is 24.4 Å². The molecular weight excluding hydrogens is 406 g/mol. The molecule has 0 amide bonds. The van der Waals surface area contributed by atoms with Gasteiger partial charge >= 0.3 is 6.61 Å². The number of fused-ring (bicyclic) bond motifs is 2. The average molecular weight is 430 g/mol. The first-order chi connectivity index (χ1) is 15.0. The number of ether oxygens (including phenoxy) is 2. The Balaban J connectivity index is 1.43. The van der Waals surface area contributed by atoms with E-state index in [0.717, 1.165) is 51.0 Å². The number of hydrogen-bond donors (Lipinski definition) is 1. The number of nitrogens with zero attached hydrogens (tertiary/aromatic N) is 5. The zero-order valence-electron chi connectivity index (χ0n) is 17.0. The van der Waals surface area contributed by atoms with Gasteiger partial charge in [-0.2, -0.15) is 13.8 Å². The maximum absolute atomic E-state index is 12.8. The SMILES string of the molecule is Nc1ncc(-c2cc(N3C[C@@H]4C[C@H]3CO4)nc(N3CCCC34CC4)n2)cc1OC(F)F. The minimum absolute atomic E-state index is 0.0796. The maximum atomic E-state index is 12.8. The van der Waals surface area contributed by atoms with E-state index in [2.05, 4.69) is 19.5 Å². The summed E-state index contributed by atoms with van der Waals surface area (Å²) < 4.78 is 35.9. The van der Waals surface area contributed by atoms with Crippen molar-refractivity contribution in [3.8, 4) is 17.0 Å². The fourth-order valence-electron chi connectivity index (χ4n) is 5.22. The number of morpholine rings is 1. The van der Waals surface area contributed by atoms with Crippen molar-refractivity contribution in [1.29, 1.82) is 0 Å². The van der Waals surface area contributed by atoms with Gasteiger partial charge < -0.3 is 25.0 Å². The van der Waals surface area contributed by atoms with Crippen LogP contribution in [0.5, 0.6) is 5.75 Å². The van der Waals surface area contributed by atoms with E-state index in [-0.39, 0.29) is 23.2 Å². The van der Waals surface area contributed by atoms with Crippen molar-refractivity contribution in [2.45, 2.75) is 56.4 Å². The van der Waals surface area contributed by atoms with Gasteiger partial charge in [0.2, 0.25) is 5.95 Å². The third-order valence-electron chi connectivity index (χ3n) is 6.95. The summed E-state index contributed by atoms with van der Waals surface area (Å²) in [5, 5.41) is 0. The quantitative estimate of drug-likeness (QED) is 0.775. The van der Waals surface area contributed by atoms with Crippen LogP contribution in [0.25, 0.3) is 11.3 Å². The second-order valence-corrected chi connectivity index (χ2v) is 8.87. The summed E-state index contributed by atoms with van der Waals surface area (Å²) in [6.45, 7) is -0.554. The number of anilines is 3. The highest BCUT2D eigenvalue weighted by Crippen LogP contribution is 2.51. The largest absolute Gasteiger partial charge is 0.431 e. The Bertz CT molecular complexity index is 1020. The minimum atomic E-state index is -2.98. The Morgan fingerprint density at radius 2 is 2.10 bits per heavy atom. The molecule has 0 aromatic carbocycles. The Kier molecular flexibility index (Phi) is 4.21. The van der Waals surface area contributed by atoms with Crippen LogP contribution in [0.4, 0.5) is 26.4 Å². The van der Waals surface area contributed by atoms with Gasteiger partial charge in [0.25, 0.3) is 0 Å². The number of nitrogens with two attached hydrogens (primary N) is 1. The lowest BCUT2D eigenvalue weighted by Crippen LogP contribution is -2.38. The van der Waals surface area contributed by atoms with Gasteiger partial charge in [0.1, 0.15) is 5.82 Å². The fraction of sp³-hybridized carbons (Fsp3) is 0.571. The van der Waals surface area contributed by atoms with Crippen LogP contribution < -0.4 is 20.3 Å². The van der Waals surface area contributed by atoms with E-state index < -0.39 is 6.61 Å². The van der Waals surface area contributed by atoms with Crippen molar-refractivity contribution in [3.63, 3.8) is 0 Å². The second-order valence-electron chi connectivity index (χ2n) is 8.87. The molecule has 2 atom stereocenters. The van der Waals surface area contributed by atoms with E-state index in [0.29, 0.717) is 29.9 Å². The van der Waals surface area contributed by atoms with Crippen molar-refractivity contribution in [1.82, 2.24) is 15.0 Å². The lowest BCUT2D eigenvalue weighted by atomic mass is 10.1. The summed E-state index contributed by atoms with van der Waals surface area (Å²) in [5.41, 5.74) is 7.11. The fourth-order valence-corrected chi connectivity index (χ4v) is 5.22. The molecule has 1 spiro atoms. The molecular formula is C21H24F2N6O2. The maximum Gasteiger partial charge on any atom is 0.387 e. The van der Waals surface area contributed by atoms with Crippen LogP contribution >= 0.6 is 0 Å². The molecule has 5 heterocycles. The predicted octanol–water partition coefficient (Wildman–Crippen LogP) is 2.83. The lowest BCUT2D eigenvalue weighted by Gasteiger charge is -2.30. The topological polar surface area (TPSA) is 89.6 Å². The molecule has 4 fully saturated rings. The van der Waals surface area contributed by atoms with E-state index in [9.17, 15) is 8.78 Å². The molecule has 10 heteroatoms. The van der Waals surface area contributed by atoms with Gasteiger partial charge in [0.15, 0.2) is 11.6 Å².